The van der Waals surface area contributed by atoms with E-state index in [1.807, 2.05) is 0 Å². The molecule has 102 valence electrons. The zero-order chi connectivity index (χ0) is 14.5. The number of Topliss-reactive ketones (excluding diaryl/α,β-unsaturated/α-hetero) is 1. The van der Waals surface area contributed by atoms with Gasteiger partial charge in [0.15, 0.2) is 5.78 Å². The highest BCUT2D eigenvalue weighted by Gasteiger charge is 2.11. The van der Waals surface area contributed by atoms with Crippen LogP contribution in [-0.2, 0) is 0 Å². The summed E-state index contributed by atoms with van der Waals surface area (Å²) in [6.45, 7) is -0.0885. The van der Waals surface area contributed by atoms with E-state index in [-0.39, 0.29) is 18.2 Å². The molecule has 0 fully saturated rings. The number of nitrogen functional groups attached to an aromatic ring is 1. The number of para-hydroxylation sites is 1. The number of ketones is 1. The number of carbonyl (C=O) groups excluding carboxylic acids is 2. The number of hydrogen-bond donors (Lipinski definition) is 2. The van der Waals surface area contributed by atoms with Crippen molar-refractivity contribution in [2.45, 2.75) is 0 Å². The summed E-state index contributed by atoms with van der Waals surface area (Å²) in [6.07, 6.45) is 0. The van der Waals surface area contributed by atoms with Crippen LogP contribution in [0.3, 0.4) is 0 Å². The number of nitrogens with one attached hydrogen (secondary N) is 1. The van der Waals surface area contributed by atoms with Crippen molar-refractivity contribution in [1.82, 2.24) is 5.32 Å². The molecule has 2 aromatic carbocycles. The molecule has 0 heterocycles. The van der Waals surface area contributed by atoms with E-state index < -0.39 is 0 Å². The SMILES string of the molecule is Nc1ccccc1C(=O)NCC(=O)c1ccc(Cl)cc1. The van der Waals surface area contributed by atoms with Crippen LogP contribution in [-0.4, -0.2) is 18.2 Å². The van der Waals surface area contributed by atoms with Gasteiger partial charge in [0.1, 0.15) is 0 Å². The maximum absolute atomic E-state index is 11.9. The first-order chi connectivity index (χ1) is 9.58. The summed E-state index contributed by atoms with van der Waals surface area (Å²) in [5.74, 6) is -0.560. The molecule has 1 amide bonds. The number of hydrogen-bond acceptors (Lipinski definition) is 3. The predicted octanol–water partition coefficient (Wildman–Crippen LogP) is 2.53. The smallest absolute Gasteiger partial charge is 0.253 e. The minimum atomic E-state index is -0.370. The van der Waals surface area contributed by atoms with Crippen LogP contribution in [0, 0.1) is 0 Å². The zero-order valence-corrected chi connectivity index (χ0v) is 11.4. The standard InChI is InChI=1S/C15H13ClN2O2/c16-11-7-5-10(6-8-11)14(19)9-18-15(20)12-3-1-2-4-13(12)17/h1-8H,9,17H2,(H,18,20). The van der Waals surface area contributed by atoms with Gasteiger partial charge in [-0.15, -0.1) is 0 Å². The molecule has 0 saturated carbocycles. The molecule has 0 aliphatic heterocycles. The minimum Gasteiger partial charge on any atom is -0.398 e. The summed E-state index contributed by atoms with van der Waals surface area (Å²) < 4.78 is 0. The van der Waals surface area contributed by atoms with E-state index in [1.54, 1.807) is 48.5 Å². The number of benzene rings is 2. The van der Waals surface area contributed by atoms with Gasteiger partial charge in [-0.2, -0.15) is 0 Å². The Morgan fingerprint density at radius 3 is 2.35 bits per heavy atom. The lowest BCUT2D eigenvalue weighted by atomic mass is 10.1. The van der Waals surface area contributed by atoms with Gasteiger partial charge < -0.3 is 11.1 Å². The maximum Gasteiger partial charge on any atom is 0.253 e. The van der Waals surface area contributed by atoms with Crippen molar-refractivity contribution >= 4 is 29.0 Å². The van der Waals surface area contributed by atoms with Crippen molar-refractivity contribution in [2.24, 2.45) is 0 Å². The molecular formula is C15H13ClN2O2. The molecule has 0 aliphatic carbocycles. The van der Waals surface area contributed by atoms with Gasteiger partial charge in [0.25, 0.3) is 5.91 Å². The normalized spacial score (nSPS) is 10.1. The van der Waals surface area contributed by atoms with Crippen molar-refractivity contribution in [3.05, 3.63) is 64.7 Å². The number of anilines is 1. The Labute approximate surface area is 121 Å². The van der Waals surface area contributed by atoms with Crippen LogP contribution >= 0.6 is 11.6 Å². The Hall–Kier alpha value is -2.33. The number of amides is 1. The highest BCUT2D eigenvalue weighted by atomic mass is 35.5. The highest BCUT2D eigenvalue weighted by Crippen LogP contribution is 2.11. The van der Waals surface area contributed by atoms with Gasteiger partial charge in [-0.25, -0.2) is 0 Å². The van der Waals surface area contributed by atoms with Crippen molar-refractivity contribution in [1.29, 1.82) is 0 Å². The fourth-order valence-corrected chi connectivity index (χ4v) is 1.82. The molecule has 0 unspecified atom stereocenters. The largest absolute Gasteiger partial charge is 0.398 e. The molecule has 5 heteroatoms. The second-order valence-corrected chi connectivity index (χ2v) is 4.64. The molecule has 0 saturated heterocycles. The number of nitrogens with two attached hydrogens (primary N) is 1. The second kappa shape index (κ2) is 6.21. The average molecular weight is 289 g/mol. The summed E-state index contributed by atoms with van der Waals surface area (Å²) in [5, 5.41) is 3.11. The van der Waals surface area contributed by atoms with Crippen LogP contribution < -0.4 is 11.1 Å². The first-order valence-corrected chi connectivity index (χ1v) is 6.37. The van der Waals surface area contributed by atoms with Gasteiger partial charge in [-0.05, 0) is 36.4 Å². The summed E-state index contributed by atoms with van der Waals surface area (Å²) in [4.78, 5) is 23.8. The quantitative estimate of drug-likeness (QED) is 0.671. The Morgan fingerprint density at radius 2 is 1.70 bits per heavy atom. The van der Waals surface area contributed by atoms with E-state index in [4.69, 9.17) is 17.3 Å². The third-order valence-electron chi connectivity index (χ3n) is 2.78. The lowest BCUT2D eigenvalue weighted by Gasteiger charge is -2.07. The zero-order valence-electron chi connectivity index (χ0n) is 10.6. The van der Waals surface area contributed by atoms with Gasteiger partial charge in [-0.3, -0.25) is 9.59 Å². The Balaban J connectivity index is 1.99. The van der Waals surface area contributed by atoms with Crippen LogP contribution in [0.15, 0.2) is 48.5 Å². The predicted molar refractivity (Wildman–Crippen MR) is 79.0 cm³/mol. The Kier molecular flexibility index (Phi) is 4.38. The van der Waals surface area contributed by atoms with Crippen LogP contribution in [0.5, 0.6) is 0 Å². The minimum absolute atomic E-state index is 0.0885. The molecule has 0 spiro atoms. The summed E-state index contributed by atoms with van der Waals surface area (Å²) in [5.41, 5.74) is 6.93. The van der Waals surface area contributed by atoms with Gasteiger partial charge in [0, 0.05) is 16.3 Å². The first-order valence-electron chi connectivity index (χ1n) is 5.99. The van der Waals surface area contributed by atoms with E-state index in [2.05, 4.69) is 5.32 Å². The fraction of sp³-hybridized carbons (Fsp3) is 0.0667. The third-order valence-corrected chi connectivity index (χ3v) is 3.03. The lowest BCUT2D eigenvalue weighted by Crippen LogP contribution is -2.30. The number of halogens is 1. The molecule has 2 aromatic rings. The molecular weight excluding hydrogens is 276 g/mol. The topological polar surface area (TPSA) is 72.2 Å². The summed E-state index contributed by atoms with van der Waals surface area (Å²) in [7, 11) is 0. The van der Waals surface area contributed by atoms with Gasteiger partial charge in [-0.1, -0.05) is 23.7 Å². The Bertz CT molecular complexity index is 639. The molecule has 2 rings (SSSR count). The van der Waals surface area contributed by atoms with Crippen LogP contribution in [0.2, 0.25) is 5.02 Å². The van der Waals surface area contributed by atoms with Crippen molar-refractivity contribution in [3.8, 4) is 0 Å². The van der Waals surface area contributed by atoms with E-state index in [0.717, 1.165) is 0 Å². The van der Waals surface area contributed by atoms with E-state index in [9.17, 15) is 9.59 Å². The molecule has 3 N–H and O–H groups in total. The van der Waals surface area contributed by atoms with Crippen molar-refractivity contribution in [3.63, 3.8) is 0 Å². The van der Waals surface area contributed by atoms with E-state index >= 15 is 0 Å². The highest BCUT2D eigenvalue weighted by molar-refractivity contribution is 6.30. The molecule has 0 atom stereocenters. The van der Waals surface area contributed by atoms with Gasteiger partial charge in [0.05, 0.1) is 12.1 Å². The van der Waals surface area contributed by atoms with Gasteiger partial charge >= 0.3 is 0 Å². The molecule has 0 bridgehead atoms. The van der Waals surface area contributed by atoms with Crippen LogP contribution in [0.1, 0.15) is 20.7 Å². The average Bonchev–Trinajstić information content (AvgIpc) is 2.45. The molecule has 0 aliphatic rings. The van der Waals surface area contributed by atoms with E-state index in [1.165, 1.54) is 0 Å². The van der Waals surface area contributed by atoms with Crippen LogP contribution in [0.4, 0.5) is 5.69 Å². The number of rotatable bonds is 4. The molecule has 0 aromatic heterocycles. The number of carbonyl (C=O) groups is 2. The first kappa shape index (κ1) is 14.1. The summed E-state index contributed by atoms with van der Waals surface area (Å²) in [6, 6.07) is 13.2. The monoisotopic (exact) mass is 288 g/mol. The van der Waals surface area contributed by atoms with Crippen molar-refractivity contribution in [2.75, 3.05) is 12.3 Å². The maximum atomic E-state index is 11.9. The van der Waals surface area contributed by atoms with Gasteiger partial charge in [0.2, 0.25) is 0 Å². The third kappa shape index (κ3) is 3.36. The molecule has 0 radical (unpaired) electrons. The molecule has 4 nitrogen and oxygen atoms in total. The van der Waals surface area contributed by atoms with Crippen LogP contribution in [0.25, 0.3) is 0 Å². The summed E-state index contributed by atoms with van der Waals surface area (Å²) >= 11 is 5.75. The van der Waals surface area contributed by atoms with E-state index in [0.29, 0.717) is 21.8 Å². The second-order valence-electron chi connectivity index (χ2n) is 4.20. The Morgan fingerprint density at radius 1 is 1.05 bits per heavy atom. The lowest BCUT2D eigenvalue weighted by molar-refractivity contribution is 0.0904. The fourth-order valence-electron chi connectivity index (χ4n) is 1.70. The molecule has 20 heavy (non-hydrogen) atoms. The van der Waals surface area contributed by atoms with Crippen molar-refractivity contribution < 1.29 is 9.59 Å².